The van der Waals surface area contributed by atoms with Crippen LogP contribution in [0.2, 0.25) is 0 Å². The number of nitro groups is 1. The second-order valence-corrected chi connectivity index (χ2v) is 6.40. The molecule has 2 aromatic rings. The molecule has 3 rings (SSSR count). The number of non-ortho nitro benzene ring substituents is 1. The van der Waals surface area contributed by atoms with Crippen LogP contribution in [-0.4, -0.2) is 33.7 Å². The fourth-order valence-corrected chi connectivity index (χ4v) is 3.23. The van der Waals surface area contributed by atoms with Crippen molar-refractivity contribution in [2.24, 2.45) is 5.92 Å². The highest BCUT2D eigenvalue weighted by Gasteiger charge is 2.66. The van der Waals surface area contributed by atoms with Crippen LogP contribution in [-0.2, 0) is 0 Å². The highest BCUT2D eigenvalue weighted by atomic mass is 19.4. The predicted molar refractivity (Wildman–Crippen MR) is 92.8 cm³/mol. The van der Waals surface area contributed by atoms with Crippen molar-refractivity contribution in [3.8, 4) is 0 Å². The van der Waals surface area contributed by atoms with Gasteiger partial charge in [-0.15, -0.1) is 0 Å². The van der Waals surface area contributed by atoms with Gasteiger partial charge in [-0.1, -0.05) is 42.5 Å². The highest BCUT2D eigenvalue weighted by Crippen LogP contribution is 2.44. The van der Waals surface area contributed by atoms with Gasteiger partial charge in [0.05, 0.1) is 11.0 Å². The Labute approximate surface area is 161 Å². The van der Waals surface area contributed by atoms with E-state index in [4.69, 9.17) is 0 Å². The quantitative estimate of drug-likeness (QED) is 0.407. The standard InChI is InChI=1S/C18H14F3N3O5/c19-18(20,21)17(27)13(15(25)10-5-2-1-3-6-10)14(22-16(26)23-17)11-7-4-8-12(9-11)24(28)29/h1-9,13-14,27H,(H2,22,23,26)/t13-,14+,17+/m0/s1. The number of Topliss-reactive ketones (excluding diaryl/α,β-unsaturated/α-hetero) is 1. The molecule has 1 aliphatic rings. The monoisotopic (exact) mass is 409 g/mol. The Morgan fingerprint density at radius 1 is 1.14 bits per heavy atom. The number of benzene rings is 2. The Morgan fingerprint density at radius 2 is 1.79 bits per heavy atom. The molecule has 0 spiro atoms. The van der Waals surface area contributed by atoms with E-state index in [0.717, 1.165) is 12.1 Å². The minimum Gasteiger partial charge on any atom is -0.363 e. The van der Waals surface area contributed by atoms with Crippen LogP contribution in [0.4, 0.5) is 23.7 Å². The maximum Gasteiger partial charge on any atom is 0.437 e. The SMILES string of the molecule is O=C1N[C@H](c2cccc([N+](=O)[O-])c2)[C@@H](C(=O)c2ccccc2)[C@@](O)(C(F)(F)F)N1. The second-order valence-electron chi connectivity index (χ2n) is 6.40. The first kappa shape index (κ1) is 20.3. The van der Waals surface area contributed by atoms with E-state index in [1.54, 1.807) is 6.07 Å². The molecule has 0 bridgehead atoms. The summed E-state index contributed by atoms with van der Waals surface area (Å²) < 4.78 is 41.3. The van der Waals surface area contributed by atoms with E-state index >= 15 is 0 Å². The maximum atomic E-state index is 13.8. The van der Waals surface area contributed by atoms with Crippen molar-refractivity contribution in [3.63, 3.8) is 0 Å². The predicted octanol–water partition coefficient (Wildman–Crippen LogP) is 2.70. The molecule has 1 aliphatic heterocycles. The molecule has 11 heteroatoms. The van der Waals surface area contributed by atoms with Gasteiger partial charge < -0.3 is 15.7 Å². The Balaban J connectivity index is 2.18. The van der Waals surface area contributed by atoms with Crippen molar-refractivity contribution in [1.82, 2.24) is 10.6 Å². The minimum absolute atomic E-state index is 0.131. The molecule has 3 N–H and O–H groups in total. The zero-order valence-corrected chi connectivity index (χ0v) is 14.5. The molecule has 8 nitrogen and oxygen atoms in total. The molecule has 2 amide bonds. The first-order chi connectivity index (χ1) is 13.5. The van der Waals surface area contributed by atoms with E-state index in [9.17, 15) is 38.0 Å². The van der Waals surface area contributed by atoms with Crippen LogP contribution < -0.4 is 10.6 Å². The van der Waals surface area contributed by atoms with Gasteiger partial charge in [0.25, 0.3) is 5.69 Å². The molecule has 152 valence electrons. The molecule has 2 aromatic carbocycles. The number of rotatable bonds is 4. The molecule has 1 fully saturated rings. The van der Waals surface area contributed by atoms with E-state index in [0.29, 0.717) is 0 Å². The van der Waals surface area contributed by atoms with E-state index in [1.807, 2.05) is 0 Å². The molecule has 29 heavy (non-hydrogen) atoms. The van der Waals surface area contributed by atoms with Crippen molar-refractivity contribution in [3.05, 3.63) is 75.8 Å². The van der Waals surface area contributed by atoms with Crippen LogP contribution >= 0.6 is 0 Å². The van der Waals surface area contributed by atoms with Gasteiger partial charge in [-0.2, -0.15) is 13.2 Å². The number of halogens is 3. The summed E-state index contributed by atoms with van der Waals surface area (Å²) in [5.74, 6) is -3.35. The third kappa shape index (κ3) is 3.63. The zero-order chi connectivity index (χ0) is 21.4. The maximum absolute atomic E-state index is 13.8. The summed E-state index contributed by atoms with van der Waals surface area (Å²) >= 11 is 0. The average Bonchev–Trinajstić information content (AvgIpc) is 2.67. The first-order valence-corrected chi connectivity index (χ1v) is 8.26. The number of nitrogens with one attached hydrogen (secondary N) is 2. The average molecular weight is 409 g/mol. The van der Waals surface area contributed by atoms with Crippen LogP contribution in [0, 0.1) is 16.0 Å². The van der Waals surface area contributed by atoms with Gasteiger partial charge in [-0.3, -0.25) is 14.9 Å². The number of hydrogen-bond acceptors (Lipinski definition) is 5. The molecule has 1 saturated heterocycles. The number of urea groups is 1. The van der Waals surface area contributed by atoms with Gasteiger partial charge in [0.1, 0.15) is 5.92 Å². The highest BCUT2D eigenvalue weighted by molar-refractivity contribution is 6.00. The molecular weight excluding hydrogens is 395 g/mol. The topological polar surface area (TPSA) is 122 Å². The van der Waals surface area contributed by atoms with E-state index in [-0.39, 0.29) is 11.1 Å². The first-order valence-electron chi connectivity index (χ1n) is 8.26. The van der Waals surface area contributed by atoms with Crippen molar-refractivity contribution in [1.29, 1.82) is 0 Å². The normalized spacial score (nSPS) is 24.3. The zero-order valence-electron chi connectivity index (χ0n) is 14.5. The summed E-state index contributed by atoms with van der Waals surface area (Å²) in [5, 5.41) is 25.0. The molecule has 0 unspecified atom stereocenters. The number of hydrogen-bond donors (Lipinski definition) is 3. The summed E-state index contributed by atoms with van der Waals surface area (Å²) in [6, 6.07) is 8.36. The van der Waals surface area contributed by atoms with E-state index in [1.165, 1.54) is 41.7 Å². The van der Waals surface area contributed by atoms with Gasteiger partial charge in [0.15, 0.2) is 5.78 Å². The van der Waals surface area contributed by atoms with Crippen LogP contribution in [0.1, 0.15) is 22.0 Å². The number of nitrogens with zero attached hydrogens (tertiary/aromatic N) is 1. The Kier molecular flexibility index (Phi) is 5.01. The number of aliphatic hydroxyl groups is 1. The lowest BCUT2D eigenvalue weighted by Gasteiger charge is -2.45. The van der Waals surface area contributed by atoms with E-state index in [2.05, 4.69) is 5.32 Å². The summed E-state index contributed by atoms with van der Waals surface area (Å²) in [4.78, 5) is 35.2. The minimum atomic E-state index is -5.40. The summed E-state index contributed by atoms with van der Waals surface area (Å²) in [6.45, 7) is 0. The van der Waals surface area contributed by atoms with Crippen LogP contribution in [0.5, 0.6) is 0 Å². The summed E-state index contributed by atoms with van der Waals surface area (Å²) in [5.41, 5.74) is -4.60. The van der Waals surface area contributed by atoms with Crippen molar-refractivity contribution in [2.75, 3.05) is 0 Å². The lowest BCUT2D eigenvalue weighted by molar-refractivity contribution is -0.385. The van der Waals surface area contributed by atoms with E-state index < -0.39 is 46.3 Å². The second kappa shape index (κ2) is 7.17. The fourth-order valence-electron chi connectivity index (χ4n) is 3.23. The van der Waals surface area contributed by atoms with Gasteiger partial charge in [-0.05, 0) is 5.56 Å². The van der Waals surface area contributed by atoms with Crippen molar-refractivity contribution < 1.29 is 32.8 Å². The summed E-state index contributed by atoms with van der Waals surface area (Å²) in [6.07, 6.45) is -5.40. The van der Waals surface area contributed by atoms with Crippen molar-refractivity contribution >= 4 is 17.5 Å². The number of nitro benzene ring substituents is 1. The van der Waals surface area contributed by atoms with Crippen molar-refractivity contribution in [2.45, 2.75) is 17.9 Å². The Hall–Kier alpha value is -3.47. The molecule has 0 saturated carbocycles. The number of ketones is 1. The number of carbonyl (C=O) groups is 2. The number of amides is 2. The van der Waals surface area contributed by atoms with Crippen LogP contribution in [0.25, 0.3) is 0 Å². The number of alkyl halides is 3. The fraction of sp³-hybridized carbons (Fsp3) is 0.222. The molecule has 1 heterocycles. The molecular formula is C18H14F3N3O5. The van der Waals surface area contributed by atoms with Crippen LogP contribution in [0.3, 0.4) is 0 Å². The Morgan fingerprint density at radius 3 is 2.38 bits per heavy atom. The Bertz CT molecular complexity index is 967. The smallest absolute Gasteiger partial charge is 0.363 e. The lowest BCUT2D eigenvalue weighted by Crippen LogP contribution is -2.72. The van der Waals surface area contributed by atoms with Gasteiger partial charge in [0, 0.05) is 17.7 Å². The third-order valence-corrected chi connectivity index (χ3v) is 4.59. The molecule has 0 radical (unpaired) electrons. The third-order valence-electron chi connectivity index (χ3n) is 4.59. The lowest BCUT2D eigenvalue weighted by atomic mass is 9.77. The molecule has 0 aromatic heterocycles. The van der Waals surface area contributed by atoms with Gasteiger partial charge in [-0.25, -0.2) is 4.79 Å². The summed E-state index contributed by atoms with van der Waals surface area (Å²) in [7, 11) is 0. The van der Waals surface area contributed by atoms with Crippen LogP contribution in [0.15, 0.2) is 54.6 Å². The number of carbonyl (C=O) groups excluding carboxylic acids is 2. The largest absolute Gasteiger partial charge is 0.437 e. The molecule has 0 aliphatic carbocycles. The van der Waals surface area contributed by atoms with Gasteiger partial charge >= 0.3 is 12.2 Å². The van der Waals surface area contributed by atoms with Gasteiger partial charge in [0.2, 0.25) is 5.72 Å². The molecule has 3 atom stereocenters.